The molecule has 164 valence electrons. The Balaban J connectivity index is 1.63. The number of nitrogens with zero attached hydrogens (tertiary/aromatic N) is 2. The summed E-state index contributed by atoms with van der Waals surface area (Å²) in [5, 5.41) is 6.61. The first-order valence-corrected chi connectivity index (χ1v) is 10.2. The monoisotopic (exact) mass is 414 g/mol. The van der Waals surface area contributed by atoms with Gasteiger partial charge in [0.25, 0.3) is 0 Å². The van der Waals surface area contributed by atoms with Crippen molar-refractivity contribution < 1.29 is 17.9 Å². The summed E-state index contributed by atoms with van der Waals surface area (Å²) >= 11 is 0. The molecule has 0 radical (unpaired) electrons. The number of methoxy groups -OCH3 is 1. The standard InChI is InChI=1S/C21H33F3N4O/c1-16-4-5-18(14-19(16)29-3)7-11-27-20(25-2)26-10-6-17-8-12-28(13-9-17)15-21(22,23)24/h4-5,14,17H,6-13,15H2,1-3H3,(H2,25,26,27). The van der Waals surface area contributed by atoms with Crippen LogP contribution in [-0.4, -0.2) is 63.9 Å². The number of ether oxygens (including phenoxy) is 1. The Hall–Kier alpha value is -1.96. The third kappa shape index (κ3) is 8.51. The second kappa shape index (κ2) is 11.3. The minimum absolute atomic E-state index is 0.463. The van der Waals surface area contributed by atoms with Gasteiger partial charge in [0.15, 0.2) is 5.96 Å². The fraction of sp³-hybridized carbons (Fsp3) is 0.667. The second-order valence-corrected chi connectivity index (χ2v) is 7.60. The lowest BCUT2D eigenvalue weighted by Crippen LogP contribution is -2.42. The van der Waals surface area contributed by atoms with Crippen LogP contribution >= 0.6 is 0 Å². The molecule has 8 heteroatoms. The summed E-state index contributed by atoms with van der Waals surface area (Å²) in [5.41, 5.74) is 2.31. The normalized spacial score (nSPS) is 16.7. The number of aryl methyl sites for hydroxylation is 1. The molecule has 0 unspecified atom stereocenters. The number of likely N-dealkylation sites (tertiary alicyclic amines) is 1. The van der Waals surface area contributed by atoms with Gasteiger partial charge < -0.3 is 15.4 Å². The van der Waals surface area contributed by atoms with Gasteiger partial charge in [0.05, 0.1) is 13.7 Å². The van der Waals surface area contributed by atoms with Crippen LogP contribution < -0.4 is 15.4 Å². The predicted molar refractivity (Wildman–Crippen MR) is 111 cm³/mol. The van der Waals surface area contributed by atoms with Crippen LogP contribution in [0.5, 0.6) is 5.75 Å². The highest BCUT2D eigenvalue weighted by Gasteiger charge is 2.32. The molecule has 1 aliphatic rings. The molecule has 0 atom stereocenters. The van der Waals surface area contributed by atoms with E-state index in [0.29, 0.717) is 19.0 Å². The van der Waals surface area contributed by atoms with Crippen LogP contribution in [0.25, 0.3) is 0 Å². The number of hydrogen-bond acceptors (Lipinski definition) is 3. The molecule has 0 saturated carbocycles. The molecule has 0 aromatic heterocycles. The minimum atomic E-state index is -4.10. The zero-order valence-electron chi connectivity index (χ0n) is 17.6. The molecule has 2 rings (SSSR count). The van der Waals surface area contributed by atoms with Crippen LogP contribution in [0.4, 0.5) is 13.2 Å². The number of piperidine rings is 1. The van der Waals surface area contributed by atoms with E-state index in [1.807, 2.05) is 6.92 Å². The molecule has 1 aromatic carbocycles. The van der Waals surface area contributed by atoms with Gasteiger partial charge in [-0.05, 0) is 68.8 Å². The Bertz CT molecular complexity index is 656. The van der Waals surface area contributed by atoms with Gasteiger partial charge in [-0.3, -0.25) is 9.89 Å². The molecule has 1 aromatic rings. The first kappa shape index (κ1) is 23.3. The van der Waals surface area contributed by atoms with Crippen molar-refractivity contribution in [1.82, 2.24) is 15.5 Å². The number of nitrogens with one attached hydrogen (secondary N) is 2. The minimum Gasteiger partial charge on any atom is -0.496 e. The molecule has 2 N–H and O–H groups in total. The third-order valence-corrected chi connectivity index (χ3v) is 5.36. The summed E-state index contributed by atoms with van der Waals surface area (Å²) < 4.78 is 42.7. The average Bonchev–Trinajstić information content (AvgIpc) is 2.68. The van der Waals surface area contributed by atoms with E-state index < -0.39 is 12.7 Å². The van der Waals surface area contributed by atoms with Crippen molar-refractivity contribution in [2.45, 2.75) is 38.8 Å². The molecular formula is C21H33F3N4O. The molecule has 1 saturated heterocycles. The summed E-state index contributed by atoms with van der Waals surface area (Å²) in [7, 11) is 3.41. The van der Waals surface area contributed by atoms with E-state index in [0.717, 1.165) is 56.0 Å². The SMILES string of the molecule is CN=C(NCCc1ccc(C)c(OC)c1)NCCC1CCN(CC(F)(F)F)CC1. The molecule has 0 aliphatic carbocycles. The Labute approximate surface area is 171 Å². The van der Waals surface area contributed by atoms with Gasteiger partial charge in [-0.15, -0.1) is 0 Å². The van der Waals surface area contributed by atoms with Crippen molar-refractivity contribution >= 4 is 5.96 Å². The van der Waals surface area contributed by atoms with Gasteiger partial charge in [-0.2, -0.15) is 13.2 Å². The number of halogens is 3. The first-order chi connectivity index (χ1) is 13.8. The number of rotatable bonds is 8. The largest absolute Gasteiger partial charge is 0.496 e. The first-order valence-electron chi connectivity index (χ1n) is 10.2. The Morgan fingerprint density at radius 2 is 1.90 bits per heavy atom. The lowest BCUT2D eigenvalue weighted by atomic mass is 9.93. The summed E-state index contributed by atoms with van der Waals surface area (Å²) in [6, 6.07) is 6.21. The maximum Gasteiger partial charge on any atom is 0.401 e. The van der Waals surface area contributed by atoms with Crippen LogP contribution in [0.1, 0.15) is 30.4 Å². The van der Waals surface area contributed by atoms with Gasteiger partial charge >= 0.3 is 6.18 Å². The van der Waals surface area contributed by atoms with Gasteiger partial charge in [-0.1, -0.05) is 12.1 Å². The van der Waals surface area contributed by atoms with Crippen molar-refractivity contribution in [3.63, 3.8) is 0 Å². The van der Waals surface area contributed by atoms with Crippen LogP contribution in [0.3, 0.4) is 0 Å². The smallest absolute Gasteiger partial charge is 0.401 e. The number of guanidine groups is 1. The van der Waals surface area contributed by atoms with E-state index in [9.17, 15) is 13.2 Å². The summed E-state index contributed by atoms with van der Waals surface area (Å²) in [6.45, 7) is 3.80. The zero-order valence-corrected chi connectivity index (χ0v) is 17.6. The van der Waals surface area contributed by atoms with Gasteiger partial charge in [-0.25, -0.2) is 0 Å². The molecule has 1 aliphatic heterocycles. The highest BCUT2D eigenvalue weighted by molar-refractivity contribution is 5.79. The number of benzene rings is 1. The molecule has 1 fully saturated rings. The van der Waals surface area contributed by atoms with Crippen LogP contribution in [-0.2, 0) is 6.42 Å². The maximum absolute atomic E-state index is 12.5. The highest BCUT2D eigenvalue weighted by Crippen LogP contribution is 2.24. The van der Waals surface area contributed by atoms with Crippen molar-refractivity contribution in [1.29, 1.82) is 0 Å². The second-order valence-electron chi connectivity index (χ2n) is 7.60. The van der Waals surface area contributed by atoms with E-state index in [4.69, 9.17) is 4.74 Å². The maximum atomic E-state index is 12.5. The molecule has 0 bridgehead atoms. The number of hydrogen-bond donors (Lipinski definition) is 2. The van der Waals surface area contributed by atoms with Crippen molar-refractivity contribution in [2.24, 2.45) is 10.9 Å². The molecular weight excluding hydrogens is 381 g/mol. The summed E-state index contributed by atoms with van der Waals surface area (Å²) in [5.74, 6) is 2.11. The quantitative estimate of drug-likeness (QED) is 0.506. The van der Waals surface area contributed by atoms with Crippen LogP contribution in [0.15, 0.2) is 23.2 Å². The Morgan fingerprint density at radius 3 is 2.52 bits per heavy atom. The summed E-state index contributed by atoms with van der Waals surface area (Å²) in [4.78, 5) is 5.74. The van der Waals surface area contributed by atoms with E-state index >= 15 is 0 Å². The number of aliphatic imine (C=N–C) groups is 1. The van der Waals surface area contributed by atoms with E-state index in [-0.39, 0.29) is 0 Å². The van der Waals surface area contributed by atoms with Crippen molar-refractivity contribution in [3.8, 4) is 5.75 Å². The number of alkyl halides is 3. The van der Waals surface area contributed by atoms with Gasteiger partial charge in [0.1, 0.15) is 5.75 Å². The fourth-order valence-corrected chi connectivity index (χ4v) is 3.65. The summed E-state index contributed by atoms with van der Waals surface area (Å²) in [6.07, 6.45) is -0.668. The predicted octanol–water partition coefficient (Wildman–Crippen LogP) is 3.38. The van der Waals surface area contributed by atoms with Gasteiger partial charge in [0.2, 0.25) is 0 Å². The topological polar surface area (TPSA) is 48.9 Å². The molecule has 1 heterocycles. The lowest BCUT2D eigenvalue weighted by molar-refractivity contribution is -0.148. The van der Waals surface area contributed by atoms with E-state index in [2.05, 4.69) is 33.8 Å². The molecule has 5 nitrogen and oxygen atoms in total. The van der Waals surface area contributed by atoms with E-state index in [1.165, 1.54) is 10.5 Å². The lowest BCUT2D eigenvalue weighted by Gasteiger charge is -2.32. The molecule has 29 heavy (non-hydrogen) atoms. The van der Waals surface area contributed by atoms with Crippen molar-refractivity contribution in [3.05, 3.63) is 29.3 Å². The third-order valence-electron chi connectivity index (χ3n) is 5.36. The highest BCUT2D eigenvalue weighted by atomic mass is 19.4. The van der Waals surface area contributed by atoms with Crippen LogP contribution in [0, 0.1) is 12.8 Å². The fourth-order valence-electron chi connectivity index (χ4n) is 3.65. The van der Waals surface area contributed by atoms with Crippen LogP contribution in [0.2, 0.25) is 0 Å². The van der Waals surface area contributed by atoms with Crippen molar-refractivity contribution in [2.75, 3.05) is 46.9 Å². The van der Waals surface area contributed by atoms with E-state index in [1.54, 1.807) is 14.2 Å². The Morgan fingerprint density at radius 1 is 1.21 bits per heavy atom. The van der Waals surface area contributed by atoms with Gasteiger partial charge in [0, 0.05) is 20.1 Å². The molecule has 0 spiro atoms. The molecule has 0 amide bonds. The average molecular weight is 415 g/mol. The zero-order chi connectivity index (χ0) is 21.3. The Kier molecular flexibility index (Phi) is 9.07.